The van der Waals surface area contributed by atoms with Crippen LogP contribution in [0.4, 0.5) is 0 Å². The lowest BCUT2D eigenvalue weighted by Crippen LogP contribution is -2.08. The third-order valence-electron chi connectivity index (χ3n) is 4.11. The summed E-state index contributed by atoms with van der Waals surface area (Å²) in [7, 11) is 0. The zero-order valence-corrected chi connectivity index (χ0v) is 14.5. The van der Waals surface area contributed by atoms with Crippen molar-refractivity contribution >= 4 is 23.4 Å². The zero-order chi connectivity index (χ0) is 16.4. The molecule has 1 fully saturated rings. The van der Waals surface area contributed by atoms with E-state index in [0.29, 0.717) is 22.7 Å². The normalized spacial score (nSPS) is 15.2. The van der Waals surface area contributed by atoms with Crippen LogP contribution in [-0.2, 0) is 5.75 Å². The van der Waals surface area contributed by atoms with Gasteiger partial charge < -0.3 is 4.42 Å². The number of halogens is 1. The molecule has 0 radical (unpaired) electrons. The van der Waals surface area contributed by atoms with Gasteiger partial charge in [-0.05, 0) is 41.5 Å². The lowest BCUT2D eigenvalue weighted by Gasteiger charge is -2.10. The Labute approximate surface area is 148 Å². The number of tetrazole rings is 1. The molecule has 0 atom stereocenters. The molecule has 0 bridgehead atoms. The number of rotatable bonds is 5. The highest BCUT2D eigenvalue weighted by atomic mass is 35.5. The molecule has 1 aromatic carbocycles. The predicted molar refractivity (Wildman–Crippen MR) is 91.8 cm³/mol. The number of hydrogen-bond acceptors (Lipinski definition) is 6. The number of hydrogen-bond donors (Lipinski definition) is 0. The Balaban J connectivity index is 1.45. The van der Waals surface area contributed by atoms with Crippen LogP contribution in [0.3, 0.4) is 0 Å². The van der Waals surface area contributed by atoms with Crippen LogP contribution in [-0.4, -0.2) is 25.2 Å². The van der Waals surface area contributed by atoms with Crippen LogP contribution in [0.1, 0.15) is 37.4 Å². The molecule has 3 aromatic rings. The molecule has 1 aliphatic carbocycles. The molecule has 4 rings (SSSR count). The molecule has 1 saturated carbocycles. The number of oxazole rings is 1. The van der Waals surface area contributed by atoms with Crippen molar-refractivity contribution in [2.45, 2.75) is 42.6 Å². The first-order chi connectivity index (χ1) is 11.8. The minimum absolute atomic E-state index is 0.432. The highest BCUT2D eigenvalue weighted by Crippen LogP contribution is 2.32. The van der Waals surface area contributed by atoms with Gasteiger partial charge in [0.1, 0.15) is 6.26 Å². The van der Waals surface area contributed by atoms with E-state index >= 15 is 0 Å². The SMILES string of the molecule is Clc1cccc(-c2nc(CSc3nnnn3C3CCCC3)co2)c1. The van der Waals surface area contributed by atoms with Gasteiger partial charge in [0, 0.05) is 16.3 Å². The van der Waals surface area contributed by atoms with Crippen LogP contribution >= 0.6 is 23.4 Å². The van der Waals surface area contributed by atoms with Crippen molar-refractivity contribution in [3.8, 4) is 11.5 Å². The van der Waals surface area contributed by atoms with Gasteiger partial charge in [0.2, 0.25) is 11.0 Å². The molecule has 0 saturated heterocycles. The van der Waals surface area contributed by atoms with Gasteiger partial charge >= 0.3 is 0 Å². The van der Waals surface area contributed by atoms with E-state index in [4.69, 9.17) is 16.0 Å². The van der Waals surface area contributed by atoms with Gasteiger partial charge in [-0.15, -0.1) is 5.10 Å². The lowest BCUT2D eigenvalue weighted by molar-refractivity contribution is 0.423. The van der Waals surface area contributed by atoms with Crippen molar-refractivity contribution in [3.63, 3.8) is 0 Å². The van der Waals surface area contributed by atoms with Crippen LogP contribution in [0.2, 0.25) is 5.02 Å². The Morgan fingerprint density at radius 3 is 3.00 bits per heavy atom. The van der Waals surface area contributed by atoms with Gasteiger partial charge in [0.25, 0.3) is 0 Å². The summed E-state index contributed by atoms with van der Waals surface area (Å²) in [5, 5.41) is 13.6. The van der Waals surface area contributed by atoms with Gasteiger partial charge in [-0.3, -0.25) is 0 Å². The van der Waals surface area contributed by atoms with Crippen molar-refractivity contribution in [2.75, 3.05) is 0 Å². The first kappa shape index (κ1) is 15.7. The average molecular weight is 362 g/mol. The molecule has 2 aromatic heterocycles. The van der Waals surface area contributed by atoms with Crippen LogP contribution in [0, 0.1) is 0 Å². The molecule has 124 valence electrons. The van der Waals surface area contributed by atoms with Gasteiger partial charge in [-0.2, -0.15) is 0 Å². The molecular formula is C16H16ClN5OS. The topological polar surface area (TPSA) is 69.6 Å². The van der Waals surface area contributed by atoms with E-state index in [1.165, 1.54) is 12.8 Å². The minimum atomic E-state index is 0.432. The summed E-state index contributed by atoms with van der Waals surface area (Å²) < 4.78 is 7.52. The number of nitrogens with zero attached hydrogens (tertiary/aromatic N) is 5. The molecule has 0 spiro atoms. The predicted octanol–water partition coefficient (Wildman–Crippen LogP) is 4.39. The molecule has 2 heterocycles. The first-order valence-electron chi connectivity index (χ1n) is 7.90. The van der Waals surface area contributed by atoms with Crippen LogP contribution in [0.5, 0.6) is 0 Å². The van der Waals surface area contributed by atoms with E-state index in [9.17, 15) is 0 Å². The summed E-state index contributed by atoms with van der Waals surface area (Å²) in [6, 6.07) is 7.90. The van der Waals surface area contributed by atoms with Crippen molar-refractivity contribution in [1.29, 1.82) is 0 Å². The van der Waals surface area contributed by atoms with E-state index < -0.39 is 0 Å². The van der Waals surface area contributed by atoms with Crippen molar-refractivity contribution in [2.24, 2.45) is 0 Å². The fourth-order valence-electron chi connectivity index (χ4n) is 2.92. The second-order valence-electron chi connectivity index (χ2n) is 5.79. The Morgan fingerprint density at radius 1 is 1.29 bits per heavy atom. The summed E-state index contributed by atoms with van der Waals surface area (Å²) in [5.41, 5.74) is 1.73. The Bertz CT molecular complexity index is 827. The van der Waals surface area contributed by atoms with Crippen LogP contribution < -0.4 is 0 Å². The summed E-state index contributed by atoms with van der Waals surface area (Å²) in [6.07, 6.45) is 6.48. The first-order valence-corrected chi connectivity index (χ1v) is 9.27. The van der Waals surface area contributed by atoms with E-state index in [-0.39, 0.29) is 0 Å². The molecule has 0 aliphatic heterocycles. The lowest BCUT2D eigenvalue weighted by atomic mass is 10.2. The van der Waals surface area contributed by atoms with E-state index in [1.807, 2.05) is 28.9 Å². The van der Waals surface area contributed by atoms with Crippen LogP contribution in [0.15, 0.2) is 40.1 Å². The molecule has 0 unspecified atom stereocenters. The highest BCUT2D eigenvalue weighted by Gasteiger charge is 2.21. The maximum absolute atomic E-state index is 6.01. The standard InChI is InChI=1S/C16H16ClN5OS/c17-12-5-3-4-11(8-12)15-18-13(9-23-15)10-24-16-19-20-21-22(16)14-6-1-2-7-14/h3-5,8-9,14H,1-2,6-7,10H2. The fourth-order valence-corrected chi connectivity index (χ4v) is 3.94. The minimum Gasteiger partial charge on any atom is -0.444 e. The molecule has 6 nitrogen and oxygen atoms in total. The Hall–Kier alpha value is -1.86. The number of aromatic nitrogens is 5. The smallest absolute Gasteiger partial charge is 0.226 e. The molecule has 0 N–H and O–H groups in total. The van der Waals surface area contributed by atoms with E-state index in [1.54, 1.807) is 18.0 Å². The average Bonchev–Trinajstić information content (AvgIpc) is 3.33. The van der Waals surface area contributed by atoms with Gasteiger partial charge in [-0.25, -0.2) is 9.67 Å². The third-order valence-corrected chi connectivity index (χ3v) is 5.31. The van der Waals surface area contributed by atoms with Gasteiger partial charge in [-0.1, -0.05) is 42.3 Å². The quantitative estimate of drug-likeness (QED) is 0.628. The molecular weight excluding hydrogens is 346 g/mol. The highest BCUT2D eigenvalue weighted by molar-refractivity contribution is 7.98. The maximum atomic E-state index is 6.01. The van der Waals surface area contributed by atoms with E-state index in [0.717, 1.165) is 29.3 Å². The second kappa shape index (κ2) is 6.94. The van der Waals surface area contributed by atoms with Crippen LogP contribution in [0.25, 0.3) is 11.5 Å². The molecule has 0 amide bonds. The fraction of sp³-hybridized carbons (Fsp3) is 0.375. The summed E-state index contributed by atoms with van der Waals surface area (Å²) in [6.45, 7) is 0. The molecule has 1 aliphatic rings. The zero-order valence-electron chi connectivity index (χ0n) is 12.9. The Morgan fingerprint density at radius 2 is 2.17 bits per heavy atom. The monoisotopic (exact) mass is 361 g/mol. The van der Waals surface area contributed by atoms with Crippen molar-refractivity contribution < 1.29 is 4.42 Å². The molecule has 8 heteroatoms. The summed E-state index contributed by atoms with van der Waals surface area (Å²) >= 11 is 7.59. The van der Waals surface area contributed by atoms with E-state index in [2.05, 4.69) is 20.5 Å². The number of thioether (sulfide) groups is 1. The summed E-state index contributed by atoms with van der Waals surface area (Å²) in [5.74, 6) is 1.24. The molecule has 24 heavy (non-hydrogen) atoms. The second-order valence-corrected chi connectivity index (χ2v) is 7.17. The largest absolute Gasteiger partial charge is 0.444 e. The van der Waals surface area contributed by atoms with Gasteiger partial charge in [0.05, 0.1) is 11.7 Å². The van der Waals surface area contributed by atoms with Gasteiger partial charge in [0.15, 0.2) is 0 Å². The Kier molecular flexibility index (Phi) is 4.53. The summed E-state index contributed by atoms with van der Waals surface area (Å²) in [4.78, 5) is 4.52. The van der Waals surface area contributed by atoms with Crippen molar-refractivity contribution in [3.05, 3.63) is 41.2 Å². The number of benzene rings is 1. The maximum Gasteiger partial charge on any atom is 0.226 e. The third kappa shape index (κ3) is 3.32. The van der Waals surface area contributed by atoms with Crippen molar-refractivity contribution in [1.82, 2.24) is 25.2 Å².